The first-order valence-electron chi connectivity index (χ1n) is 7.21. The summed E-state index contributed by atoms with van der Waals surface area (Å²) in [6.07, 6.45) is 1.05. The molecule has 0 N–H and O–H groups in total. The molecule has 0 bridgehead atoms. The van der Waals surface area contributed by atoms with E-state index < -0.39 is 0 Å². The molecule has 0 aliphatic rings. The zero-order chi connectivity index (χ0) is 15.5. The van der Waals surface area contributed by atoms with E-state index in [1.54, 1.807) is 11.3 Å². The van der Waals surface area contributed by atoms with Crippen LogP contribution in [0.3, 0.4) is 0 Å². The molecule has 0 aliphatic carbocycles. The summed E-state index contributed by atoms with van der Waals surface area (Å²) < 4.78 is 2.11. The summed E-state index contributed by atoms with van der Waals surface area (Å²) in [5.74, 6) is 0. The normalized spacial score (nSPS) is 11.9. The Morgan fingerprint density at radius 1 is 1.05 bits per heavy atom. The highest BCUT2D eigenvalue weighted by Crippen LogP contribution is 2.22. The summed E-state index contributed by atoms with van der Waals surface area (Å²) in [5.41, 5.74) is 4.60. The molecule has 1 heterocycles. The molecule has 0 radical (unpaired) electrons. The zero-order valence-corrected chi connectivity index (χ0v) is 14.2. The molecule has 0 spiro atoms. The van der Waals surface area contributed by atoms with Gasteiger partial charge in [0.1, 0.15) is 0 Å². The minimum atomic E-state index is 0.752. The van der Waals surface area contributed by atoms with Crippen LogP contribution in [-0.4, -0.2) is 4.57 Å². The van der Waals surface area contributed by atoms with E-state index in [9.17, 15) is 0 Å². The van der Waals surface area contributed by atoms with Crippen molar-refractivity contribution in [2.24, 2.45) is 12.0 Å². The van der Waals surface area contributed by atoms with Crippen molar-refractivity contribution in [2.75, 3.05) is 0 Å². The Labute approximate surface area is 139 Å². The van der Waals surface area contributed by atoms with E-state index in [0.717, 1.165) is 33.2 Å². The number of rotatable bonds is 3. The Hall–Kier alpha value is -1.84. The average molecular weight is 329 g/mol. The summed E-state index contributed by atoms with van der Waals surface area (Å²) in [7, 11) is 2.04. The molecule has 4 heteroatoms. The molecular weight excluding hydrogens is 312 g/mol. The Kier molecular flexibility index (Phi) is 4.46. The topological polar surface area (TPSA) is 17.3 Å². The first kappa shape index (κ1) is 15.1. The Balaban J connectivity index is 1.98. The van der Waals surface area contributed by atoms with E-state index >= 15 is 0 Å². The largest absolute Gasteiger partial charge is 0.320 e. The maximum Gasteiger partial charge on any atom is 0.190 e. The highest BCUT2D eigenvalue weighted by atomic mass is 35.5. The van der Waals surface area contributed by atoms with Gasteiger partial charge in [-0.25, -0.2) is 4.99 Å². The quantitative estimate of drug-likeness (QED) is 0.628. The zero-order valence-electron chi connectivity index (χ0n) is 12.6. The SMILES string of the molecule is CCc1ccc(N=c2scc(-c3ccc(Cl)cc3)n2C)cc1. The molecule has 2 nitrogen and oxygen atoms in total. The molecule has 0 atom stereocenters. The highest BCUT2D eigenvalue weighted by Gasteiger charge is 2.04. The first-order valence-corrected chi connectivity index (χ1v) is 8.47. The number of nitrogens with zero attached hydrogens (tertiary/aromatic N) is 2. The van der Waals surface area contributed by atoms with E-state index in [1.165, 1.54) is 5.56 Å². The van der Waals surface area contributed by atoms with Gasteiger partial charge in [0.15, 0.2) is 4.80 Å². The van der Waals surface area contributed by atoms with Gasteiger partial charge in [0.25, 0.3) is 0 Å². The predicted octanol–water partition coefficient (Wildman–Crippen LogP) is 5.20. The van der Waals surface area contributed by atoms with Gasteiger partial charge in [-0.15, -0.1) is 11.3 Å². The summed E-state index contributed by atoms with van der Waals surface area (Å²) >= 11 is 7.60. The third-order valence-electron chi connectivity index (χ3n) is 3.63. The molecule has 3 rings (SSSR count). The van der Waals surface area contributed by atoms with Crippen molar-refractivity contribution in [1.82, 2.24) is 4.57 Å². The molecule has 22 heavy (non-hydrogen) atoms. The fourth-order valence-electron chi connectivity index (χ4n) is 2.27. The van der Waals surface area contributed by atoms with E-state index in [2.05, 4.69) is 41.1 Å². The van der Waals surface area contributed by atoms with Gasteiger partial charge in [-0.1, -0.05) is 42.8 Å². The second-order valence-electron chi connectivity index (χ2n) is 5.10. The van der Waals surface area contributed by atoms with E-state index in [-0.39, 0.29) is 0 Å². The monoisotopic (exact) mass is 328 g/mol. The second-order valence-corrected chi connectivity index (χ2v) is 6.37. The van der Waals surface area contributed by atoms with Crippen LogP contribution in [0.4, 0.5) is 5.69 Å². The Morgan fingerprint density at radius 3 is 2.36 bits per heavy atom. The summed E-state index contributed by atoms with van der Waals surface area (Å²) in [6, 6.07) is 16.3. The number of aryl methyl sites for hydroxylation is 1. The average Bonchev–Trinajstić information content (AvgIpc) is 2.90. The first-order chi connectivity index (χ1) is 10.7. The van der Waals surface area contributed by atoms with Gasteiger partial charge in [-0.2, -0.15) is 0 Å². The molecule has 3 aromatic rings. The minimum absolute atomic E-state index is 0.752. The molecule has 0 aliphatic heterocycles. The molecule has 0 saturated carbocycles. The maximum absolute atomic E-state index is 5.95. The van der Waals surface area contributed by atoms with Gasteiger partial charge >= 0.3 is 0 Å². The summed E-state index contributed by atoms with van der Waals surface area (Å²) in [6.45, 7) is 2.16. The van der Waals surface area contributed by atoms with Crippen LogP contribution >= 0.6 is 22.9 Å². The molecular formula is C18H17ClN2S. The van der Waals surface area contributed by atoms with Crippen LogP contribution in [0.1, 0.15) is 12.5 Å². The van der Waals surface area contributed by atoms with Gasteiger partial charge in [0.2, 0.25) is 0 Å². The minimum Gasteiger partial charge on any atom is -0.320 e. The summed E-state index contributed by atoms with van der Waals surface area (Å²) in [5, 5.41) is 2.88. The molecule has 0 fully saturated rings. The van der Waals surface area contributed by atoms with Crippen molar-refractivity contribution in [3.63, 3.8) is 0 Å². The highest BCUT2D eigenvalue weighted by molar-refractivity contribution is 7.07. The van der Waals surface area contributed by atoms with Gasteiger partial charge in [-0.05, 0) is 41.8 Å². The fraction of sp³-hybridized carbons (Fsp3) is 0.167. The van der Waals surface area contributed by atoms with Gasteiger partial charge in [-0.3, -0.25) is 0 Å². The number of hydrogen-bond acceptors (Lipinski definition) is 2. The lowest BCUT2D eigenvalue weighted by Gasteiger charge is -2.03. The smallest absolute Gasteiger partial charge is 0.190 e. The molecule has 0 saturated heterocycles. The van der Waals surface area contributed by atoms with Crippen LogP contribution in [-0.2, 0) is 13.5 Å². The second kappa shape index (κ2) is 6.51. The number of halogens is 1. The lowest BCUT2D eigenvalue weighted by molar-refractivity contribution is 0.883. The van der Waals surface area contributed by atoms with Crippen LogP contribution in [0.2, 0.25) is 5.02 Å². The lowest BCUT2D eigenvalue weighted by atomic mass is 10.1. The molecule has 1 aromatic heterocycles. The lowest BCUT2D eigenvalue weighted by Crippen LogP contribution is -2.10. The van der Waals surface area contributed by atoms with Gasteiger partial charge in [0.05, 0.1) is 11.4 Å². The maximum atomic E-state index is 5.95. The van der Waals surface area contributed by atoms with Crippen molar-refractivity contribution in [3.8, 4) is 11.3 Å². The van der Waals surface area contributed by atoms with Crippen LogP contribution in [0.25, 0.3) is 11.3 Å². The molecule has 112 valence electrons. The number of thiazole rings is 1. The van der Waals surface area contributed by atoms with Crippen molar-refractivity contribution in [2.45, 2.75) is 13.3 Å². The van der Waals surface area contributed by atoms with Gasteiger partial charge in [0, 0.05) is 17.5 Å². The van der Waals surface area contributed by atoms with Crippen molar-refractivity contribution in [3.05, 3.63) is 69.3 Å². The van der Waals surface area contributed by atoms with Crippen molar-refractivity contribution < 1.29 is 0 Å². The van der Waals surface area contributed by atoms with Crippen LogP contribution in [0, 0.1) is 0 Å². The molecule has 0 amide bonds. The molecule has 0 unspecified atom stereocenters. The van der Waals surface area contributed by atoms with E-state index in [0.29, 0.717) is 0 Å². The number of hydrogen-bond donors (Lipinski definition) is 0. The standard InChI is InChI=1S/C18H17ClN2S/c1-3-13-4-10-16(11-5-13)20-18-21(2)17(12-22-18)14-6-8-15(19)9-7-14/h4-12H,3H2,1-2H3. The molecule has 2 aromatic carbocycles. The number of benzene rings is 2. The van der Waals surface area contributed by atoms with Crippen LogP contribution < -0.4 is 4.80 Å². The fourth-order valence-corrected chi connectivity index (χ4v) is 3.32. The van der Waals surface area contributed by atoms with Gasteiger partial charge < -0.3 is 4.57 Å². The summed E-state index contributed by atoms with van der Waals surface area (Å²) in [4.78, 5) is 5.72. The number of aromatic nitrogens is 1. The predicted molar refractivity (Wildman–Crippen MR) is 94.8 cm³/mol. The van der Waals surface area contributed by atoms with Crippen LogP contribution in [0.15, 0.2) is 58.9 Å². The Bertz CT molecular complexity index is 827. The third-order valence-corrected chi connectivity index (χ3v) is 4.80. The van der Waals surface area contributed by atoms with Crippen LogP contribution in [0.5, 0.6) is 0 Å². The van der Waals surface area contributed by atoms with Crippen molar-refractivity contribution in [1.29, 1.82) is 0 Å². The third kappa shape index (κ3) is 3.16. The Morgan fingerprint density at radius 2 is 1.73 bits per heavy atom. The van der Waals surface area contributed by atoms with E-state index in [4.69, 9.17) is 16.6 Å². The van der Waals surface area contributed by atoms with E-state index in [1.807, 2.05) is 31.3 Å². The van der Waals surface area contributed by atoms with Crippen molar-refractivity contribution >= 4 is 28.6 Å².